The second-order valence-electron chi connectivity index (χ2n) is 12.0. The molecular formula is C33H54N6O12. The summed E-state index contributed by atoms with van der Waals surface area (Å²) in [6.07, 6.45) is 3.92. The molecule has 1 aliphatic heterocycles. The maximum atomic E-state index is 12.7. The van der Waals surface area contributed by atoms with Crippen molar-refractivity contribution in [2.24, 2.45) is 0 Å². The number of carbonyl (C=O) groups excluding carboxylic acids is 9. The molecule has 1 heterocycles. The molecule has 0 bridgehead atoms. The van der Waals surface area contributed by atoms with Crippen LogP contribution >= 0.6 is 0 Å². The van der Waals surface area contributed by atoms with Gasteiger partial charge in [-0.05, 0) is 57.8 Å². The van der Waals surface area contributed by atoms with Gasteiger partial charge < -0.3 is 30.5 Å². The SMILES string of the molecule is CC(=O)ON1CCCCCNC(=O)CCC(=O)N(OC(C)=O)CCCCCNC(=O)CCC(=O)N(OC(C)=O)CCCCCNC(=O)CCC1=O. The van der Waals surface area contributed by atoms with Gasteiger partial charge in [0.2, 0.25) is 17.7 Å². The smallest absolute Gasteiger partial charge is 0.329 e. The fourth-order valence-corrected chi connectivity index (χ4v) is 4.78. The van der Waals surface area contributed by atoms with Crippen LogP contribution in [0.3, 0.4) is 0 Å². The van der Waals surface area contributed by atoms with E-state index in [0.717, 1.165) is 36.0 Å². The average molecular weight is 727 g/mol. The van der Waals surface area contributed by atoms with E-state index in [1.807, 2.05) is 0 Å². The van der Waals surface area contributed by atoms with Gasteiger partial charge >= 0.3 is 17.9 Å². The van der Waals surface area contributed by atoms with Crippen molar-refractivity contribution in [3.63, 3.8) is 0 Å². The number of hydrogen-bond donors (Lipinski definition) is 3. The van der Waals surface area contributed by atoms with Crippen LogP contribution < -0.4 is 16.0 Å². The third kappa shape index (κ3) is 22.5. The highest BCUT2D eigenvalue weighted by molar-refractivity contribution is 5.85. The Balaban J connectivity index is 2.81. The van der Waals surface area contributed by atoms with Gasteiger partial charge in [-0.15, -0.1) is 0 Å². The first-order valence-electron chi connectivity index (χ1n) is 17.5. The minimum absolute atomic E-state index is 0.105. The van der Waals surface area contributed by atoms with Crippen molar-refractivity contribution >= 4 is 53.4 Å². The number of nitrogens with one attached hydrogen (secondary N) is 3. The van der Waals surface area contributed by atoms with Crippen LogP contribution in [0.4, 0.5) is 0 Å². The molecule has 0 aromatic rings. The Morgan fingerprint density at radius 2 is 0.667 bits per heavy atom. The molecule has 0 radical (unpaired) electrons. The number of carbonyl (C=O) groups is 9. The summed E-state index contributed by atoms with van der Waals surface area (Å²) in [4.78, 5) is 125. The second kappa shape index (κ2) is 26.1. The molecule has 18 heteroatoms. The van der Waals surface area contributed by atoms with E-state index in [1.165, 1.54) is 0 Å². The van der Waals surface area contributed by atoms with Crippen LogP contribution in [0, 0.1) is 0 Å². The summed E-state index contributed by atoms with van der Waals surface area (Å²) in [6, 6.07) is 0. The van der Waals surface area contributed by atoms with Gasteiger partial charge in [0.15, 0.2) is 0 Å². The van der Waals surface area contributed by atoms with E-state index in [-0.39, 0.29) is 75.9 Å². The van der Waals surface area contributed by atoms with Crippen molar-refractivity contribution in [1.29, 1.82) is 0 Å². The molecule has 0 aromatic heterocycles. The summed E-state index contributed by atoms with van der Waals surface area (Å²) in [7, 11) is 0. The Labute approximate surface area is 298 Å². The van der Waals surface area contributed by atoms with Crippen molar-refractivity contribution < 1.29 is 57.7 Å². The maximum Gasteiger partial charge on any atom is 0.329 e. The predicted octanol–water partition coefficient (Wildman–Crippen LogP) is 1.12. The Kier molecular flexibility index (Phi) is 22.6. The maximum absolute atomic E-state index is 12.7. The first-order chi connectivity index (χ1) is 24.3. The lowest BCUT2D eigenvalue weighted by molar-refractivity contribution is -0.196. The van der Waals surface area contributed by atoms with Crippen LogP contribution in [-0.2, 0) is 57.7 Å². The highest BCUT2D eigenvalue weighted by Gasteiger charge is 2.21. The Morgan fingerprint density at radius 3 is 0.902 bits per heavy atom. The van der Waals surface area contributed by atoms with Crippen molar-refractivity contribution in [2.45, 2.75) is 117 Å². The van der Waals surface area contributed by atoms with Gasteiger partial charge in [0.1, 0.15) is 0 Å². The zero-order valence-electron chi connectivity index (χ0n) is 30.1. The van der Waals surface area contributed by atoms with E-state index in [9.17, 15) is 43.2 Å². The van der Waals surface area contributed by atoms with E-state index < -0.39 is 35.6 Å². The number of hydrogen-bond acceptors (Lipinski definition) is 12. The number of amides is 6. The van der Waals surface area contributed by atoms with Crippen molar-refractivity contribution in [3.05, 3.63) is 0 Å². The normalized spacial score (nSPS) is 19.2. The van der Waals surface area contributed by atoms with Crippen molar-refractivity contribution in [1.82, 2.24) is 31.1 Å². The highest BCUT2D eigenvalue weighted by atomic mass is 16.7. The zero-order chi connectivity index (χ0) is 38.0. The summed E-state index contributed by atoms with van der Waals surface area (Å²) in [5.41, 5.74) is 0. The van der Waals surface area contributed by atoms with Crippen LogP contribution in [0.5, 0.6) is 0 Å². The molecule has 0 saturated carbocycles. The van der Waals surface area contributed by atoms with E-state index >= 15 is 0 Å². The van der Waals surface area contributed by atoms with Crippen molar-refractivity contribution in [3.8, 4) is 0 Å². The number of nitrogens with zero attached hydrogens (tertiary/aromatic N) is 3. The molecule has 51 heavy (non-hydrogen) atoms. The fourth-order valence-electron chi connectivity index (χ4n) is 4.78. The molecule has 1 saturated heterocycles. The van der Waals surface area contributed by atoms with E-state index in [1.54, 1.807) is 0 Å². The zero-order valence-corrected chi connectivity index (χ0v) is 30.1. The van der Waals surface area contributed by atoms with Gasteiger partial charge in [0, 0.05) is 78.9 Å². The Morgan fingerprint density at radius 1 is 0.412 bits per heavy atom. The Hall–Kier alpha value is -4.77. The van der Waals surface area contributed by atoms with Crippen LogP contribution in [-0.4, -0.2) is 108 Å². The molecular weight excluding hydrogens is 672 g/mol. The molecule has 0 atom stereocenters. The van der Waals surface area contributed by atoms with Crippen LogP contribution in [0.2, 0.25) is 0 Å². The third-order valence-electron chi connectivity index (χ3n) is 7.33. The molecule has 0 aliphatic carbocycles. The highest BCUT2D eigenvalue weighted by Crippen LogP contribution is 2.08. The second-order valence-corrected chi connectivity index (χ2v) is 12.0. The molecule has 3 N–H and O–H groups in total. The first kappa shape index (κ1) is 44.3. The van der Waals surface area contributed by atoms with E-state index in [4.69, 9.17) is 14.5 Å². The average Bonchev–Trinajstić information content (AvgIpc) is 3.06. The van der Waals surface area contributed by atoms with Gasteiger partial charge in [-0.3, -0.25) is 43.2 Å². The minimum Gasteiger partial charge on any atom is -0.356 e. The summed E-state index contributed by atoms with van der Waals surface area (Å²) in [6.45, 7) is 4.77. The summed E-state index contributed by atoms with van der Waals surface area (Å²) in [5, 5.41) is 11.0. The topological polar surface area (TPSA) is 227 Å². The van der Waals surface area contributed by atoms with Crippen molar-refractivity contribution in [2.75, 3.05) is 39.3 Å². The molecule has 1 rings (SSSR count). The summed E-state index contributed by atoms with van der Waals surface area (Å²) < 4.78 is 0. The monoisotopic (exact) mass is 726 g/mol. The molecule has 0 aromatic carbocycles. The van der Waals surface area contributed by atoms with Crippen LogP contribution in [0.25, 0.3) is 0 Å². The number of hydroxylamine groups is 6. The summed E-state index contributed by atoms with van der Waals surface area (Å²) in [5.74, 6) is -4.72. The standard InChI is InChI=1S/C33H54N6O12/c1-25(40)49-37-22-10-4-7-19-35-29(44)14-17-32(47)39(51-27(3)42)24-12-6-9-21-36-30(45)15-18-33(48)38(50-26(2)41)23-11-5-8-20-34-28(43)13-16-31(37)46/h4-24H2,1-3H3,(H,34,43)(H,35,44)(H,36,45). The van der Waals surface area contributed by atoms with Gasteiger partial charge in [0.05, 0.1) is 19.6 Å². The fraction of sp³-hybridized carbons (Fsp3) is 0.727. The lowest BCUT2D eigenvalue weighted by atomic mass is 10.2. The molecule has 1 fully saturated rings. The molecule has 0 spiro atoms. The van der Waals surface area contributed by atoms with Gasteiger partial charge in [-0.25, -0.2) is 0 Å². The summed E-state index contributed by atoms with van der Waals surface area (Å²) >= 11 is 0. The van der Waals surface area contributed by atoms with Crippen LogP contribution in [0.1, 0.15) is 117 Å². The Bertz CT molecular complexity index is 1050. The number of rotatable bonds is 3. The van der Waals surface area contributed by atoms with E-state index in [2.05, 4.69) is 16.0 Å². The molecule has 6 amide bonds. The van der Waals surface area contributed by atoms with Gasteiger partial charge in [0.25, 0.3) is 17.7 Å². The predicted molar refractivity (Wildman–Crippen MR) is 179 cm³/mol. The lowest BCUT2D eigenvalue weighted by Crippen LogP contribution is -2.35. The van der Waals surface area contributed by atoms with Gasteiger partial charge in [-0.2, -0.15) is 15.2 Å². The minimum atomic E-state index is -0.680. The quantitative estimate of drug-likeness (QED) is 0.372. The lowest BCUT2D eigenvalue weighted by Gasteiger charge is -2.20. The molecule has 18 nitrogen and oxygen atoms in total. The van der Waals surface area contributed by atoms with E-state index in [0.29, 0.717) is 77.4 Å². The molecule has 0 unspecified atom stereocenters. The van der Waals surface area contributed by atoms with Gasteiger partial charge in [-0.1, -0.05) is 0 Å². The molecule has 288 valence electrons. The van der Waals surface area contributed by atoms with Crippen LogP contribution in [0.15, 0.2) is 0 Å². The first-order valence-corrected chi connectivity index (χ1v) is 17.5. The largest absolute Gasteiger partial charge is 0.356 e. The molecule has 1 aliphatic rings. The third-order valence-corrected chi connectivity index (χ3v) is 7.33.